The molecule has 0 fully saturated rings. The highest BCUT2D eigenvalue weighted by atomic mass is 16.1. The first kappa shape index (κ1) is 10.5. The molecular weight excluding hydrogens is 138 g/mol. The molecular formula is C9H19NO. The minimum atomic E-state index is 0.0256. The van der Waals surface area contributed by atoms with Gasteiger partial charge in [-0.1, -0.05) is 26.7 Å². The van der Waals surface area contributed by atoms with E-state index in [2.05, 4.69) is 26.1 Å². The van der Waals surface area contributed by atoms with Gasteiger partial charge in [-0.15, -0.1) is 0 Å². The van der Waals surface area contributed by atoms with Gasteiger partial charge in [-0.2, -0.15) is 0 Å². The predicted octanol–water partition coefficient (Wildman–Crippen LogP) is 2.09. The standard InChI is InChI=1S/C9H19NO/c1-4-6-7-9(3,5-2)10-8-11/h8H,4-7H2,1-3H3,(H,10,11). The van der Waals surface area contributed by atoms with Gasteiger partial charge in [0.2, 0.25) is 6.41 Å². The third kappa shape index (κ3) is 4.02. The molecule has 1 atom stereocenters. The Balaban J connectivity index is 3.77. The Morgan fingerprint density at radius 2 is 2.09 bits per heavy atom. The van der Waals surface area contributed by atoms with Gasteiger partial charge in [0.05, 0.1) is 0 Å². The first-order valence-corrected chi connectivity index (χ1v) is 4.40. The molecule has 0 saturated heterocycles. The molecule has 66 valence electrons. The van der Waals surface area contributed by atoms with E-state index >= 15 is 0 Å². The number of nitrogens with one attached hydrogen (secondary N) is 1. The van der Waals surface area contributed by atoms with E-state index < -0.39 is 0 Å². The lowest BCUT2D eigenvalue weighted by Crippen LogP contribution is -2.40. The van der Waals surface area contributed by atoms with Crippen molar-refractivity contribution in [1.29, 1.82) is 0 Å². The predicted molar refractivity (Wildman–Crippen MR) is 47.4 cm³/mol. The maximum atomic E-state index is 10.2. The molecule has 2 nitrogen and oxygen atoms in total. The van der Waals surface area contributed by atoms with Crippen LogP contribution in [0.15, 0.2) is 0 Å². The highest BCUT2D eigenvalue weighted by Gasteiger charge is 2.18. The minimum Gasteiger partial charge on any atom is -0.354 e. The summed E-state index contributed by atoms with van der Waals surface area (Å²) in [6.07, 6.45) is 5.27. The van der Waals surface area contributed by atoms with E-state index in [1.807, 2.05) is 0 Å². The van der Waals surface area contributed by atoms with Crippen molar-refractivity contribution < 1.29 is 4.79 Å². The molecule has 0 spiro atoms. The van der Waals surface area contributed by atoms with Gasteiger partial charge in [0, 0.05) is 5.54 Å². The second-order valence-corrected chi connectivity index (χ2v) is 3.28. The Kier molecular flexibility index (Phi) is 4.92. The van der Waals surface area contributed by atoms with E-state index in [0.717, 1.165) is 19.3 Å². The van der Waals surface area contributed by atoms with E-state index in [0.29, 0.717) is 0 Å². The fourth-order valence-electron chi connectivity index (χ4n) is 1.06. The largest absolute Gasteiger partial charge is 0.354 e. The van der Waals surface area contributed by atoms with Gasteiger partial charge in [-0.25, -0.2) is 0 Å². The smallest absolute Gasteiger partial charge is 0.207 e. The third-order valence-corrected chi connectivity index (χ3v) is 2.27. The van der Waals surface area contributed by atoms with Crippen LogP contribution in [-0.2, 0) is 4.79 Å². The summed E-state index contributed by atoms with van der Waals surface area (Å²) in [4.78, 5) is 10.2. The van der Waals surface area contributed by atoms with Crippen molar-refractivity contribution in [3.05, 3.63) is 0 Å². The van der Waals surface area contributed by atoms with Crippen molar-refractivity contribution >= 4 is 6.41 Å². The topological polar surface area (TPSA) is 29.1 Å². The van der Waals surface area contributed by atoms with Crippen LogP contribution < -0.4 is 5.32 Å². The molecule has 0 aromatic carbocycles. The van der Waals surface area contributed by atoms with E-state index in [1.165, 1.54) is 12.8 Å². The Morgan fingerprint density at radius 1 is 1.45 bits per heavy atom. The van der Waals surface area contributed by atoms with E-state index in [-0.39, 0.29) is 5.54 Å². The van der Waals surface area contributed by atoms with Crippen LogP contribution in [0.1, 0.15) is 46.5 Å². The van der Waals surface area contributed by atoms with E-state index in [9.17, 15) is 4.79 Å². The Hall–Kier alpha value is -0.530. The van der Waals surface area contributed by atoms with Crippen LogP contribution in [0.5, 0.6) is 0 Å². The molecule has 11 heavy (non-hydrogen) atoms. The van der Waals surface area contributed by atoms with Gasteiger partial charge in [-0.05, 0) is 19.8 Å². The molecule has 1 N–H and O–H groups in total. The van der Waals surface area contributed by atoms with E-state index in [4.69, 9.17) is 0 Å². The first-order chi connectivity index (χ1) is 5.18. The van der Waals surface area contributed by atoms with Crippen molar-refractivity contribution in [3.63, 3.8) is 0 Å². The highest BCUT2D eigenvalue weighted by Crippen LogP contribution is 2.16. The van der Waals surface area contributed by atoms with Gasteiger partial charge in [0.25, 0.3) is 0 Å². The zero-order chi connectivity index (χ0) is 8.74. The summed E-state index contributed by atoms with van der Waals surface area (Å²) in [5, 5.41) is 2.86. The van der Waals surface area contributed by atoms with Gasteiger partial charge in [-0.3, -0.25) is 4.79 Å². The SMILES string of the molecule is CCCCC(C)(CC)NC=O. The Labute approximate surface area is 69.4 Å². The summed E-state index contributed by atoms with van der Waals surface area (Å²) < 4.78 is 0. The monoisotopic (exact) mass is 157 g/mol. The summed E-state index contributed by atoms with van der Waals surface area (Å²) in [5.74, 6) is 0. The van der Waals surface area contributed by atoms with Crippen molar-refractivity contribution in [2.24, 2.45) is 0 Å². The van der Waals surface area contributed by atoms with Crippen LogP contribution >= 0.6 is 0 Å². The summed E-state index contributed by atoms with van der Waals surface area (Å²) in [6, 6.07) is 0. The number of amides is 1. The number of unbranched alkanes of at least 4 members (excludes halogenated alkanes) is 1. The number of rotatable bonds is 6. The van der Waals surface area contributed by atoms with Crippen LogP contribution in [0, 0.1) is 0 Å². The zero-order valence-corrected chi connectivity index (χ0v) is 7.81. The molecule has 2 heteroatoms. The Morgan fingerprint density at radius 3 is 2.45 bits per heavy atom. The normalized spacial score (nSPS) is 15.5. The number of carbonyl (C=O) groups excluding carboxylic acids is 1. The Bertz CT molecular complexity index is 114. The lowest BCUT2D eigenvalue weighted by molar-refractivity contribution is -0.111. The molecule has 1 amide bonds. The van der Waals surface area contributed by atoms with Crippen LogP contribution in [0.2, 0.25) is 0 Å². The van der Waals surface area contributed by atoms with Crippen LogP contribution in [0.25, 0.3) is 0 Å². The quantitative estimate of drug-likeness (QED) is 0.588. The molecule has 0 radical (unpaired) electrons. The van der Waals surface area contributed by atoms with Crippen molar-refractivity contribution in [2.75, 3.05) is 0 Å². The zero-order valence-electron chi connectivity index (χ0n) is 7.81. The van der Waals surface area contributed by atoms with E-state index in [1.54, 1.807) is 0 Å². The molecule has 0 aliphatic heterocycles. The van der Waals surface area contributed by atoms with Gasteiger partial charge in [0.1, 0.15) is 0 Å². The number of hydrogen-bond donors (Lipinski definition) is 1. The highest BCUT2D eigenvalue weighted by molar-refractivity contribution is 5.47. The summed E-state index contributed by atoms with van der Waals surface area (Å²) in [7, 11) is 0. The maximum absolute atomic E-state index is 10.2. The van der Waals surface area contributed by atoms with Crippen molar-refractivity contribution in [2.45, 2.75) is 52.0 Å². The lowest BCUT2D eigenvalue weighted by atomic mass is 9.92. The molecule has 0 aromatic heterocycles. The average Bonchev–Trinajstić information content (AvgIpc) is 2.02. The second kappa shape index (κ2) is 5.16. The molecule has 0 aromatic rings. The molecule has 0 heterocycles. The summed E-state index contributed by atoms with van der Waals surface area (Å²) in [6.45, 7) is 6.36. The molecule has 0 bridgehead atoms. The first-order valence-electron chi connectivity index (χ1n) is 4.40. The van der Waals surface area contributed by atoms with Crippen molar-refractivity contribution in [3.8, 4) is 0 Å². The van der Waals surface area contributed by atoms with Crippen LogP contribution in [0.4, 0.5) is 0 Å². The number of carbonyl (C=O) groups is 1. The third-order valence-electron chi connectivity index (χ3n) is 2.27. The van der Waals surface area contributed by atoms with Crippen LogP contribution in [0.3, 0.4) is 0 Å². The maximum Gasteiger partial charge on any atom is 0.207 e. The summed E-state index contributed by atoms with van der Waals surface area (Å²) in [5.41, 5.74) is 0.0256. The minimum absolute atomic E-state index is 0.0256. The molecule has 0 aliphatic rings. The van der Waals surface area contributed by atoms with Gasteiger partial charge >= 0.3 is 0 Å². The molecule has 0 rings (SSSR count). The molecule has 0 aliphatic carbocycles. The van der Waals surface area contributed by atoms with Gasteiger partial charge in [0.15, 0.2) is 0 Å². The van der Waals surface area contributed by atoms with Crippen LogP contribution in [-0.4, -0.2) is 11.9 Å². The molecule has 1 unspecified atom stereocenters. The fraction of sp³-hybridized carbons (Fsp3) is 0.889. The fourth-order valence-corrected chi connectivity index (χ4v) is 1.06. The van der Waals surface area contributed by atoms with Crippen molar-refractivity contribution in [1.82, 2.24) is 5.32 Å². The van der Waals surface area contributed by atoms with Gasteiger partial charge < -0.3 is 5.32 Å². The second-order valence-electron chi connectivity index (χ2n) is 3.28. The summed E-state index contributed by atoms with van der Waals surface area (Å²) >= 11 is 0. The number of hydrogen-bond acceptors (Lipinski definition) is 1. The average molecular weight is 157 g/mol. The molecule has 0 saturated carbocycles. The lowest BCUT2D eigenvalue weighted by Gasteiger charge is -2.27.